The molecule has 1 aromatic carbocycles. The highest BCUT2D eigenvalue weighted by Crippen LogP contribution is 2.62. The van der Waals surface area contributed by atoms with Crippen molar-refractivity contribution >= 4 is 28.3 Å². The van der Waals surface area contributed by atoms with Gasteiger partial charge in [-0.1, -0.05) is 46.8 Å². The second-order valence-electron chi connectivity index (χ2n) is 12.7. The Morgan fingerprint density at radius 2 is 1.90 bits per heavy atom. The smallest absolute Gasteiger partial charge is 0.257 e. The first-order chi connectivity index (χ1) is 18.3. The summed E-state index contributed by atoms with van der Waals surface area (Å²) >= 11 is 1.43. The molecule has 9 heteroatoms. The number of hydrogen-bond acceptors (Lipinski definition) is 7. The van der Waals surface area contributed by atoms with Gasteiger partial charge in [0.25, 0.3) is 5.91 Å². The van der Waals surface area contributed by atoms with Gasteiger partial charge in [-0.2, -0.15) is 0 Å². The van der Waals surface area contributed by atoms with Crippen molar-refractivity contribution in [3.05, 3.63) is 46.0 Å². The Balaban J connectivity index is 1.64. The first-order valence-corrected chi connectivity index (χ1v) is 14.6. The topological polar surface area (TPSA) is 121 Å². The Kier molecular flexibility index (Phi) is 8.57. The summed E-state index contributed by atoms with van der Waals surface area (Å²) in [5.41, 5.74) is 1.51. The predicted octanol–water partition coefficient (Wildman–Crippen LogP) is 4.26. The summed E-state index contributed by atoms with van der Waals surface area (Å²) in [6.07, 6.45) is 1.53. The van der Waals surface area contributed by atoms with Gasteiger partial charge in [-0.15, -0.1) is 11.3 Å². The van der Waals surface area contributed by atoms with Crippen LogP contribution in [0.4, 0.5) is 5.13 Å². The predicted molar refractivity (Wildman–Crippen MR) is 153 cm³/mol. The van der Waals surface area contributed by atoms with Gasteiger partial charge in [-0.3, -0.25) is 14.9 Å². The van der Waals surface area contributed by atoms with Gasteiger partial charge in [-0.05, 0) is 53.7 Å². The third-order valence-corrected chi connectivity index (χ3v) is 10.2. The van der Waals surface area contributed by atoms with Crippen LogP contribution in [0.25, 0.3) is 0 Å². The minimum Gasteiger partial charge on any atom is -0.396 e. The second-order valence-corrected chi connectivity index (χ2v) is 13.8. The zero-order valence-electron chi connectivity index (χ0n) is 24.0. The molecule has 4 N–H and O–H groups in total. The van der Waals surface area contributed by atoms with Crippen LogP contribution in [0.2, 0.25) is 0 Å². The van der Waals surface area contributed by atoms with Gasteiger partial charge in [0.15, 0.2) is 5.13 Å². The Labute approximate surface area is 235 Å². The first-order valence-electron chi connectivity index (χ1n) is 13.8. The number of carbonyl (C=O) groups is 2. The van der Waals surface area contributed by atoms with E-state index < -0.39 is 11.5 Å². The molecule has 214 valence electrons. The molecule has 0 bridgehead atoms. The summed E-state index contributed by atoms with van der Waals surface area (Å²) in [4.78, 5) is 32.0. The zero-order valence-corrected chi connectivity index (χ0v) is 24.8. The summed E-state index contributed by atoms with van der Waals surface area (Å²) in [5.74, 6) is -0.564. The van der Waals surface area contributed by atoms with Crippen molar-refractivity contribution < 1.29 is 24.5 Å². The van der Waals surface area contributed by atoms with Crippen LogP contribution >= 0.6 is 11.3 Å². The Hall–Kier alpha value is -2.33. The van der Waals surface area contributed by atoms with E-state index in [9.17, 15) is 19.8 Å². The standard InChI is InChI=1S/C30H43N3O5S/c1-28(2,3)19-9-7-18(8-10-19)26(37)33-27-32-25-20(15-24(36)31-13-14-38-6)29(4)12-11-23(35)30(5,17-34)22(29)16-21(25)39-27/h7-10,20,22-23,34-35H,11-17H2,1-6H3,(H,31,36)(H,32,33,37). The van der Waals surface area contributed by atoms with Crippen molar-refractivity contribution in [2.24, 2.45) is 16.7 Å². The molecule has 0 spiro atoms. The van der Waals surface area contributed by atoms with Gasteiger partial charge in [0, 0.05) is 41.8 Å². The van der Waals surface area contributed by atoms with Gasteiger partial charge in [0.05, 0.1) is 25.0 Å². The number of nitrogens with zero attached hydrogens (tertiary/aromatic N) is 1. The Bertz CT molecular complexity index is 1190. The maximum atomic E-state index is 13.1. The maximum absolute atomic E-state index is 13.1. The lowest BCUT2D eigenvalue weighted by Crippen LogP contribution is -2.57. The first kappa shape index (κ1) is 29.6. The van der Waals surface area contributed by atoms with E-state index in [0.717, 1.165) is 22.6 Å². The Morgan fingerprint density at radius 3 is 2.51 bits per heavy atom. The summed E-state index contributed by atoms with van der Waals surface area (Å²) < 4.78 is 5.08. The van der Waals surface area contributed by atoms with E-state index in [-0.39, 0.29) is 47.5 Å². The lowest BCUT2D eigenvalue weighted by molar-refractivity contribution is -0.144. The molecule has 0 radical (unpaired) electrons. The molecular weight excluding hydrogens is 514 g/mol. The summed E-state index contributed by atoms with van der Waals surface area (Å²) in [6, 6.07) is 7.62. The molecule has 4 rings (SSSR count). The molecule has 1 saturated carbocycles. The van der Waals surface area contributed by atoms with Crippen LogP contribution in [0.3, 0.4) is 0 Å². The van der Waals surface area contributed by atoms with E-state index in [0.29, 0.717) is 36.7 Å². The molecule has 0 aliphatic heterocycles. The van der Waals surface area contributed by atoms with Crippen molar-refractivity contribution in [3.8, 4) is 0 Å². The van der Waals surface area contributed by atoms with E-state index in [4.69, 9.17) is 9.72 Å². The minimum atomic E-state index is -0.697. The fraction of sp³-hybridized carbons (Fsp3) is 0.633. The SMILES string of the molecule is COCCNC(=O)CC1c2nc(NC(=O)c3ccc(C(C)(C)C)cc3)sc2CC2C(C)(CO)C(O)CCC12C. The molecule has 2 aliphatic carbocycles. The number of anilines is 1. The quantitative estimate of drug-likeness (QED) is 0.360. The number of nitrogens with one attached hydrogen (secondary N) is 2. The number of fused-ring (bicyclic) bond motifs is 2. The number of ether oxygens (including phenoxy) is 1. The zero-order chi connectivity index (χ0) is 28.6. The second kappa shape index (κ2) is 11.3. The third kappa shape index (κ3) is 5.78. The molecule has 2 aliphatic rings. The number of benzene rings is 1. The van der Waals surface area contributed by atoms with Crippen LogP contribution in [-0.4, -0.2) is 60.0 Å². The number of rotatable bonds is 8. The van der Waals surface area contributed by atoms with Crippen LogP contribution in [0.15, 0.2) is 24.3 Å². The molecule has 2 amide bonds. The van der Waals surface area contributed by atoms with Crippen molar-refractivity contribution in [1.29, 1.82) is 0 Å². The highest BCUT2D eigenvalue weighted by Gasteiger charge is 2.59. The average molecular weight is 558 g/mol. The molecular formula is C30H43N3O5S. The normalized spacial score (nSPS) is 28.4. The van der Waals surface area contributed by atoms with Gasteiger partial charge < -0.3 is 20.3 Å². The number of amides is 2. The molecule has 39 heavy (non-hydrogen) atoms. The van der Waals surface area contributed by atoms with Crippen molar-refractivity contribution in [2.45, 2.75) is 77.7 Å². The van der Waals surface area contributed by atoms with Crippen molar-refractivity contribution in [2.75, 3.05) is 32.2 Å². The highest BCUT2D eigenvalue weighted by atomic mass is 32.1. The number of aromatic nitrogens is 1. The van der Waals surface area contributed by atoms with Crippen molar-refractivity contribution in [3.63, 3.8) is 0 Å². The summed E-state index contributed by atoms with van der Waals surface area (Å²) in [5, 5.41) is 27.8. The van der Waals surface area contributed by atoms with Crippen LogP contribution < -0.4 is 10.6 Å². The molecule has 1 fully saturated rings. The lowest BCUT2D eigenvalue weighted by atomic mass is 9.47. The third-order valence-electron chi connectivity index (χ3n) is 9.15. The van der Waals surface area contributed by atoms with Crippen LogP contribution in [0.1, 0.15) is 86.3 Å². The van der Waals surface area contributed by atoms with Crippen LogP contribution in [0.5, 0.6) is 0 Å². The highest BCUT2D eigenvalue weighted by molar-refractivity contribution is 7.15. The molecule has 2 aromatic rings. The molecule has 1 aromatic heterocycles. The number of hydrogen-bond donors (Lipinski definition) is 4. The van der Waals surface area contributed by atoms with E-state index in [1.165, 1.54) is 11.3 Å². The van der Waals surface area contributed by atoms with Gasteiger partial charge in [-0.25, -0.2) is 4.98 Å². The molecule has 5 unspecified atom stereocenters. The Morgan fingerprint density at radius 1 is 1.21 bits per heavy atom. The van der Waals surface area contributed by atoms with Crippen molar-refractivity contribution in [1.82, 2.24) is 10.3 Å². The monoisotopic (exact) mass is 557 g/mol. The number of carbonyl (C=O) groups excluding carboxylic acids is 2. The van der Waals surface area contributed by atoms with Crippen LogP contribution in [0, 0.1) is 16.7 Å². The van der Waals surface area contributed by atoms with E-state index in [1.54, 1.807) is 7.11 Å². The van der Waals surface area contributed by atoms with E-state index >= 15 is 0 Å². The van der Waals surface area contributed by atoms with Gasteiger partial charge in [0.1, 0.15) is 0 Å². The van der Waals surface area contributed by atoms with Crippen LogP contribution in [-0.2, 0) is 21.4 Å². The van der Waals surface area contributed by atoms with Gasteiger partial charge >= 0.3 is 0 Å². The largest absolute Gasteiger partial charge is 0.396 e. The fourth-order valence-electron chi connectivity index (χ4n) is 6.54. The molecule has 1 heterocycles. The average Bonchev–Trinajstić information content (AvgIpc) is 3.29. The number of thiazole rings is 1. The molecule has 8 nitrogen and oxygen atoms in total. The van der Waals surface area contributed by atoms with Gasteiger partial charge in [0.2, 0.25) is 5.91 Å². The number of aliphatic hydroxyl groups is 2. The molecule has 0 saturated heterocycles. The number of aliphatic hydroxyl groups excluding tert-OH is 2. The minimum absolute atomic E-state index is 0.00221. The summed E-state index contributed by atoms with van der Waals surface area (Å²) in [7, 11) is 1.60. The maximum Gasteiger partial charge on any atom is 0.257 e. The molecule has 5 atom stereocenters. The van der Waals surface area contributed by atoms with E-state index in [2.05, 4.69) is 38.3 Å². The summed E-state index contributed by atoms with van der Waals surface area (Å²) in [6.45, 7) is 11.2. The lowest BCUT2D eigenvalue weighted by Gasteiger charge is -2.58. The fourth-order valence-corrected chi connectivity index (χ4v) is 7.60. The van der Waals surface area contributed by atoms with E-state index in [1.807, 2.05) is 31.2 Å². The number of methoxy groups -OCH3 is 1.